The van der Waals surface area contributed by atoms with Crippen molar-refractivity contribution in [2.75, 3.05) is 5.73 Å². The number of nitro groups is 1. The van der Waals surface area contributed by atoms with Gasteiger partial charge >= 0.3 is 5.69 Å². The number of nitro benzene ring substituents is 1. The van der Waals surface area contributed by atoms with E-state index in [2.05, 4.69) is 15.2 Å². The summed E-state index contributed by atoms with van der Waals surface area (Å²) >= 11 is 0. The molecule has 0 atom stereocenters. The van der Waals surface area contributed by atoms with Crippen LogP contribution in [0, 0.1) is 10.1 Å². The van der Waals surface area contributed by atoms with Crippen LogP contribution in [0.3, 0.4) is 0 Å². The number of aromatic amines is 2. The lowest BCUT2D eigenvalue weighted by Crippen LogP contribution is -2.23. The van der Waals surface area contributed by atoms with Crippen LogP contribution in [0.4, 0.5) is 22.9 Å². The van der Waals surface area contributed by atoms with E-state index in [9.17, 15) is 19.7 Å². The molecule has 0 aliphatic carbocycles. The van der Waals surface area contributed by atoms with Gasteiger partial charge in [0.25, 0.3) is 11.2 Å². The first kappa shape index (κ1) is 13.1. The highest BCUT2D eigenvalue weighted by Crippen LogP contribution is 2.22. The molecule has 0 unspecified atom stereocenters. The average Bonchev–Trinajstić information content (AvgIpc) is 2.37. The maximum absolute atomic E-state index is 11.4. The summed E-state index contributed by atoms with van der Waals surface area (Å²) in [7, 11) is 0. The number of nitrogens with one attached hydrogen (secondary N) is 2. The number of non-ortho nitro benzene ring substituents is 1. The second kappa shape index (κ2) is 5.14. The molecule has 2 aromatic rings. The number of benzene rings is 1. The fourth-order valence-electron chi connectivity index (χ4n) is 1.37. The van der Waals surface area contributed by atoms with Gasteiger partial charge in [0.2, 0.25) is 0 Å². The molecule has 0 saturated heterocycles. The number of anilines is 1. The van der Waals surface area contributed by atoms with Crippen LogP contribution in [0.25, 0.3) is 0 Å². The Labute approximate surface area is 110 Å². The second-order valence-electron chi connectivity index (χ2n) is 3.65. The van der Waals surface area contributed by atoms with Crippen LogP contribution in [0.15, 0.2) is 44.1 Å². The Balaban J connectivity index is 2.40. The molecule has 10 heteroatoms. The summed E-state index contributed by atoms with van der Waals surface area (Å²) in [5, 5.41) is 17.8. The second-order valence-corrected chi connectivity index (χ2v) is 3.65. The van der Waals surface area contributed by atoms with Crippen molar-refractivity contribution in [2.24, 2.45) is 10.2 Å². The van der Waals surface area contributed by atoms with E-state index < -0.39 is 16.2 Å². The minimum Gasteiger partial charge on any atom is -0.383 e. The summed E-state index contributed by atoms with van der Waals surface area (Å²) in [6, 6.07) is 5.36. The Morgan fingerprint density at radius 2 is 1.95 bits per heavy atom. The van der Waals surface area contributed by atoms with Gasteiger partial charge in [-0.15, -0.1) is 10.2 Å². The highest BCUT2D eigenvalue weighted by atomic mass is 16.6. The third-order valence-electron chi connectivity index (χ3n) is 2.25. The van der Waals surface area contributed by atoms with Crippen molar-refractivity contribution in [1.29, 1.82) is 0 Å². The van der Waals surface area contributed by atoms with Gasteiger partial charge in [-0.3, -0.25) is 24.9 Å². The van der Waals surface area contributed by atoms with Crippen LogP contribution >= 0.6 is 0 Å². The Hall–Kier alpha value is -3.30. The van der Waals surface area contributed by atoms with Crippen LogP contribution in [0.5, 0.6) is 0 Å². The molecule has 2 rings (SSSR count). The van der Waals surface area contributed by atoms with Crippen molar-refractivity contribution in [1.82, 2.24) is 9.97 Å². The molecule has 10 nitrogen and oxygen atoms in total. The number of aromatic nitrogens is 2. The lowest BCUT2D eigenvalue weighted by Gasteiger charge is -1.96. The molecule has 0 radical (unpaired) electrons. The van der Waals surface area contributed by atoms with E-state index in [1.807, 2.05) is 4.98 Å². The molecule has 0 spiro atoms. The molecular weight excluding hydrogens is 268 g/mol. The first-order chi connectivity index (χ1) is 9.47. The van der Waals surface area contributed by atoms with Gasteiger partial charge in [-0.25, -0.2) is 4.79 Å². The highest BCUT2D eigenvalue weighted by Gasteiger charge is 2.07. The van der Waals surface area contributed by atoms with E-state index in [0.717, 1.165) is 0 Å². The van der Waals surface area contributed by atoms with E-state index in [0.29, 0.717) is 0 Å². The van der Waals surface area contributed by atoms with Gasteiger partial charge in [0.05, 0.1) is 10.6 Å². The van der Waals surface area contributed by atoms with Gasteiger partial charge in [-0.2, -0.15) is 0 Å². The molecule has 1 heterocycles. The molecule has 0 bridgehead atoms. The molecule has 102 valence electrons. The van der Waals surface area contributed by atoms with E-state index >= 15 is 0 Å². The topological polar surface area (TPSA) is 160 Å². The molecule has 0 fully saturated rings. The number of H-pyrrole nitrogens is 2. The molecule has 20 heavy (non-hydrogen) atoms. The van der Waals surface area contributed by atoms with Crippen molar-refractivity contribution >= 4 is 22.9 Å². The Morgan fingerprint density at radius 1 is 1.20 bits per heavy atom. The van der Waals surface area contributed by atoms with Gasteiger partial charge in [-0.05, 0) is 6.07 Å². The highest BCUT2D eigenvalue weighted by molar-refractivity contribution is 5.55. The molecule has 0 aliphatic heterocycles. The SMILES string of the molecule is Nc1[nH]c(=O)[nH]c(=O)c1N=Nc1cccc([N+](=O)[O-])c1. The van der Waals surface area contributed by atoms with E-state index in [4.69, 9.17) is 5.73 Å². The third-order valence-corrected chi connectivity index (χ3v) is 2.25. The fraction of sp³-hybridized carbons (Fsp3) is 0. The smallest absolute Gasteiger partial charge is 0.327 e. The van der Waals surface area contributed by atoms with Crippen LogP contribution in [0.1, 0.15) is 0 Å². The monoisotopic (exact) mass is 276 g/mol. The van der Waals surface area contributed by atoms with Crippen molar-refractivity contribution in [3.8, 4) is 0 Å². The molecule has 0 aliphatic rings. The van der Waals surface area contributed by atoms with Crippen LogP contribution in [-0.2, 0) is 0 Å². The maximum Gasteiger partial charge on any atom is 0.327 e. The summed E-state index contributed by atoms with van der Waals surface area (Å²) in [5.41, 5.74) is 3.59. The average molecular weight is 276 g/mol. The summed E-state index contributed by atoms with van der Waals surface area (Å²) in [5.74, 6) is -0.243. The first-order valence-electron chi connectivity index (χ1n) is 5.25. The zero-order chi connectivity index (χ0) is 14.7. The molecule has 0 saturated carbocycles. The van der Waals surface area contributed by atoms with E-state index in [-0.39, 0.29) is 22.9 Å². The predicted octanol–water partition coefficient (Wildman–Crippen LogP) is 0.969. The third kappa shape index (κ3) is 2.75. The zero-order valence-corrected chi connectivity index (χ0v) is 9.86. The number of hydrogen-bond acceptors (Lipinski definition) is 7. The Bertz CT molecular complexity index is 806. The van der Waals surface area contributed by atoms with Crippen molar-refractivity contribution in [3.05, 3.63) is 55.2 Å². The van der Waals surface area contributed by atoms with Crippen LogP contribution < -0.4 is 17.0 Å². The normalized spacial score (nSPS) is 10.8. The minimum absolute atomic E-state index is 0.162. The van der Waals surface area contributed by atoms with Gasteiger partial charge < -0.3 is 5.73 Å². The molecule has 0 amide bonds. The lowest BCUT2D eigenvalue weighted by atomic mass is 10.3. The summed E-state index contributed by atoms with van der Waals surface area (Å²) < 4.78 is 0. The maximum atomic E-state index is 11.4. The molecular formula is C10H8N6O4. The van der Waals surface area contributed by atoms with Crippen molar-refractivity contribution < 1.29 is 4.92 Å². The quantitative estimate of drug-likeness (QED) is 0.431. The Morgan fingerprint density at radius 3 is 2.60 bits per heavy atom. The largest absolute Gasteiger partial charge is 0.383 e. The molecule has 4 N–H and O–H groups in total. The molecule has 1 aromatic carbocycles. The number of azo groups is 1. The fourth-order valence-corrected chi connectivity index (χ4v) is 1.37. The summed E-state index contributed by atoms with van der Waals surface area (Å²) in [4.78, 5) is 36.5. The summed E-state index contributed by atoms with van der Waals surface area (Å²) in [6.07, 6.45) is 0. The first-order valence-corrected chi connectivity index (χ1v) is 5.25. The predicted molar refractivity (Wildman–Crippen MR) is 69.4 cm³/mol. The van der Waals surface area contributed by atoms with Crippen LogP contribution in [-0.4, -0.2) is 14.9 Å². The minimum atomic E-state index is -0.805. The van der Waals surface area contributed by atoms with Gasteiger partial charge in [0.15, 0.2) is 5.69 Å². The number of nitrogens with two attached hydrogens (primary N) is 1. The van der Waals surface area contributed by atoms with Gasteiger partial charge in [-0.1, -0.05) is 6.07 Å². The number of rotatable bonds is 3. The lowest BCUT2D eigenvalue weighted by molar-refractivity contribution is -0.384. The van der Waals surface area contributed by atoms with E-state index in [1.54, 1.807) is 0 Å². The number of hydrogen-bond donors (Lipinski definition) is 3. The standard InChI is InChI=1S/C10H8N6O4/c11-8-7(9(17)13-10(18)12-8)15-14-5-2-1-3-6(4-5)16(19)20/h1-4H,(H4,11,12,13,17,18). The van der Waals surface area contributed by atoms with Crippen molar-refractivity contribution in [3.63, 3.8) is 0 Å². The zero-order valence-electron chi connectivity index (χ0n) is 9.86. The summed E-state index contributed by atoms with van der Waals surface area (Å²) in [6.45, 7) is 0. The van der Waals surface area contributed by atoms with Gasteiger partial charge in [0.1, 0.15) is 5.82 Å². The van der Waals surface area contributed by atoms with E-state index in [1.165, 1.54) is 24.3 Å². The van der Waals surface area contributed by atoms with Crippen LogP contribution in [0.2, 0.25) is 0 Å². The Kier molecular flexibility index (Phi) is 3.37. The number of nitrogen functional groups attached to an aromatic ring is 1. The molecule has 1 aromatic heterocycles. The van der Waals surface area contributed by atoms with Crippen molar-refractivity contribution in [2.45, 2.75) is 0 Å². The number of nitrogens with zero attached hydrogens (tertiary/aromatic N) is 3. The van der Waals surface area contributed by atoms with Gasteiger partial charge in [0, 0.05) is 12.1 Å².